The number of para-hydroxylation sites is 2. The molecule has 9 nitrogen and oxygen atoms in total. The first-order chi connectivity index (χ1) is 16.5. The van der Waals surface area contributed by atoms with Crippen molar-refractivity contribution < 1.29 is 18.3 Å². The van der Waals surface area contributed by atoms with Crippen LogP contribution in [-0.4, -0.2) is 75.8 Å². The molecule has 3 aromatic rings. The number of morpholine rings is 1. The molecule has 4 heterocycles. The third-order valence-corrected chi connectivity index (χ3v) is 6.18. The molecule has 1 atom stereocenters. The third-order valence-electron chi connectivity index (χ3n) is 6.18. The van der Waals surface area contributed by atoms with E-state index in [1.165, 1.54) is 4.57 Å². The fourth-order valence-corrected chi connectivity index (χ4v) is 4.45. The summed E-state index contributed by atoms with van der Waals surface area (Å²) < 4.78 is 34.8. The van der Waals surface area contributed by atoms with E-state index in [-0.39, 0.29) is 23.5 Å². The van der Waals surface area contributed by atoms with Gasteiger partial charge in [0.05, 0.1) is 24.2 Å². The summed E-state index contributed by atoms with van der Waals surface area (Å²) in [6.07, 6.45) is -0.799. The standard InChI is InChI=1S/C23H27F2N7O2/c1-15(22(33)31-8-4-5-9-31)26-23-28-18(30-10-12-34-13-11-30)14-19(29-23)32-17-7-3-2-6-16(17)27-21(32)20(24)25/h2-3,6-7,14-15,20H,4-5,8-13H2,1H3,(H,26,28,29)/t15-/m0/s1. The summed E-state index contributed by atoms with van der Waals surface area (Å²) in [6.45, 7) is 5.56. The van der Waals surface area contributed by atoms with Gasteiger partial charge in [-0.3, -0.25) is 9.36 Å². The van der Waals surface area contributed by atoms with E-state index in [2.05, 4.69) is 20.3 Å². The first-order valence-corrected chi connectivity index (χ1v) is 11.5. The molecule has 34 heavy (non-hydrogen) atoms. The lowest BCUT2D eigenvalue weighted by molar-refractivity contribution is -0.130. The van der Waals surface area contributed by atoms with Gasteiger partial charge in [-0.1, -0.05) is 12.1 Å². The molecule has 1 amide bonds. The molecule has 0 aliphatic carbocycles. The van der Waals surface area contributed by atoms with E-state index >= 15 is 0 Å². The molecule has 2 aromatic heterocycles. The van der Waals surface area contributed by atoms with E-state index < -0.39 is 12.5 Å². The van der Waals surface area contributed by atoms with Crippen LogP contribution >= 0.6 is 0 Å². The van der Waals surface area contributed by atoms with Gasteiger partial charge in [0.25, 0.3) is 6.43 Å². The number of alkyl halides is 2. The monoisotopic (exact) mass is 471 g/mol. The molecule has 0 spiro atoms. The number of carbonyl (C=O) groups excluding carboxylic acids is 1. The Labute approximate surface area is 195 Å². The molecule has 11 heteroatoms. The van der Waals surface area contributed by atoms with Gasteiger partial charge in [0.1, 0.15) is 17.7 Å². The van der Waals surface area contributed by atoms with E-state index in [1.807, 2.05) is 9.80 Å². The lowest BCUT2D eigenvalue weighted by atomic mass is 10.3. The highest BCUT2D eigenvalue weighted by molar-refractivity contribution is 5.84. The molecule has 1 aromatic carbocycles. The van der Waals surface area contributed by atoms with E-state index in [4.69, 9.17) is 4.74 Å². The summed E-state index contributed by atoms with van der Waals surface area (Å²) in [7, 11) is 0. The molecule has 2 saturated heterocycles. The van der Waals surface area contributed by atoms with Crippen molar-refractivity contribution in [2.24, 2.45) is 0 Å². The van der Waals surface area contributed by atoms with Crippen LogP contribution in [0.15, 0.2) is 30.3 Å². The Morgan fingerprint density at radius 2 is 1.74 bits per heavy atom. The zero-order chi connectivity index (χ0) is 23.7. The number of hydrogen-bond acceptors (Lipinski definition) is 7. The van der Waals surface area contributed by atoms with Crippen molar-refractivity contribution in [3.8, 4) is 5.82 Å². The number of halogens is 2. The van der Waals surface area contributed by atoms with Gasteiger partial charge in [0, 0.05) is 32.2 Å². The zero-order valence-electron chi connectivity index (χ0n) is 19.0. The van der Waals surface area contributed by atoms with E-state index in [0.717, 1.165) is 25.9 Å². The molecule has 0 saturated carbocycles. The van der Waals surface area contributed by atoms with Crippen molar-refractivity contribution in [1.29, 1.82) is 0 Å². The highest BCUT2D eigenvalue weighted by Gasteiger charge is 2.26. The maximum Gasteiger partial charge on any atom is 0.296 e. The number of fused-ring (bicyclic) bond motifs is 1. The molecule has 0 radical (unpaired) electrons. The summed E-state index contributed by atoms with van der Waals surface area (Å²) in [5.41, 5.74) is 0.980. The quantitative estimate of drug-likeness (QED) is 0.591. The molecule has 2 aliphatic heterocycles. The van der Waals surface area contributed by atoms with E-state index in [1.54, 1.807) is 37.3 Å². The van der Waals surface area contributed by atoms with Gasteiger partial charge in [-0.05, 0) is 31.9 Å². The number of benzene rings is 1. The molecule has 0 unspecified atom stereocenters. The maximum absolute atomic E-state index is 14.0. The Morgan fingerprint density at radius 1 is 1.03 bits per heavy atom. The van der Waals surface area contributed by atoms with Crippen molar-refractivity contribution in [3.05, 3.63) is 36.2 Å². The van der Waals surface area contributed by atoms with Crippen molar-refractivity contribution >= 4 is 28.7 Å². The highest BCUT2D eigenvalue weighted by Crippen LogP contribution is 2.29. The Bertz CT molecular complexity index is 1170. The van der Waals surface area contributed by atoms with Crippen LogP contribution < -0.4 is 10.2 Å². The SMILES string of the molecule is C[C@H](Nc1nc(N2CCOCC2)cc(-n2c(C(F)F)nc3ccccc32)n1)C(=O)N1CCCC1. The Balaban J connectivity index is 1.56. The fraction of sp³-hybridized carbons (Fsp3) is 0.478. The molecular formula is C23H27F2N7O2. The normalized spacial score (nSPS) is 17.5. The third kappa shape index (κ3) is 4.39. The smallest absolute Gasteiger partial charge is 0.296 e. The molecule has 180 valence electrons. The molecule has 2 aliphatic rings. The molecule has 0 bridgehead atoms. The van der Waals surface area contributed by atoms with Gasteiger partial charge < -0.3 is 19.9 Å². The van der Waals surface area contributed by atoms with Gasteiger partial charge in [-0.15, -0.1) is 0 Å². The van der Waals surface area contributed by atoms with Gasteiger partial charge >= 0.3 is 0 Å². The van der Waals surface area contributed by atoms with E-state index in [9.17, 15) is 13.6 Å². The highest BCUT2D eigenvalue weighted by atomic mass is 19.3. The summed E-state index contributed by atoms with van der Waals surface area (Å²) in [6, 6.07) is 8.08. The summed E-state index contributed by atoms with van der Waals surface area (Å²) in [5.74, 6) is 0.635. The topological polar surface area (TPSA) is 88.4 Å². The number of amides is 1. The first-order valence-electron chi connectivity index (χ1n) is 11.5. The van der Waals surface area contributed by atoms with Crippen molar-refractivity contribution in [3.63, 3.8) is 0 Å². The average molecular weight is 472 g/mol. The van der Waals surface area contributed by atoms with E-state index in [0.29, 0.717) is 43.2 Å². The summed E-state index contributed by atoms with van der Waals surface area (Å²) in [4.78, 5) is 30.0. The van der Waals surface area contributed by atoms with Gasteiger partial charge in [-0.25, -0.2) is 13.8 Å². The number of hydrogen-bond donors (Lipinski definition) is 1. The number of carbonyl (C=O) groups is 1. The zero-order valence-corrected chi connectivity index (χ0v) is 19.0. The van der Waals surface area contributed by atoms with Crippen LogP contribution in [0.1, 0.15) is 32.0 Å². The second-order valence-corrected chi connectivity index (χ2v) is 8.50. The summed E-state index contributed by atoms with van der Waals surface area (Å²) >= 11 is 0. The van der Waals surface area contributed by atoms with Gasteiger partial charge in [0.2, 0.25) is 11.9 Å². The predicted octanol–water partition coefficient (Wildman–Crippen LogP) is 3.01. The number of likely N-dealkylation sites (tertiary alicyclic amines) is 1. The number of anilines is 2. The predicted molar refractivity (Wildman–Crippen MR) is 124 cm³/mol. The van der Waals surface area contributed by atoms with Crippen molar-refractivity contribution in [1.82, 2.24) is 24.4 Å². The van der Waals surface area contributed by atoms with Gasteiger partial charge in [0.15, 0.2) is 5.82 Å². The van der Waals surface area contributed by atoms with Crippen LogP contribution in [-0.2, 0) is 9.53 Å². The number of ether oxygens (including phenoxy) is 1. The second-order valence-electron chi connectivity index (χ2n) is 8.50. The number of aromatic nitrogens is 4. The van der Waals surface area contributed by atoms with Crippen LogP contribution in [0.4, 0.5) is 20.5 Å². The van der Waals surface area contributed by atoms with Crippen LogP contribution in [0, 0.1) is 0 Å². The second kappa shape index (κ2) is 9.49. The largest absolute Gasteiger partial charge is 0.378 e. The minimum Gasteiger partial charge on any atom is -0.378 e. The maximum atomic E-state index is 14.0. The Hall–Kier alpha value is -3.34. The minimum absolute atomic E-state index is 0.0271. The first kappa shape index (κ1) is 22.5. The van der Waals surface area contributed by atoms with Crippen molar-refractivity contribution in [2.45, 2.75) is 32.2 Å². The van der Waals surface area contributed by atoms with Crippen LogP contribution in [0.2, 0.25) is 0 Å². The van der Waals surface area contributed by atoms with Crippen molar-refractivity contribution in [2.75, 3.05) is 49.6 Å². The number of imidazole rings is 1. The van der Waals surface area contributed by atoms with Crippen LogP contribution in [0.5, 0.6) is 0 Å². The van der Waals surface area contributed by atoms with Crippen LogP contribution in [0.25, 0.3) is 16.9 Å². The lowest BCUT2D eigenvalue weighted by Crippen LogP contribution is -2.40. The molecule has 2 fully saturated rings. The van der Waals surface area contributed by atoms with Crippen LogP contribution in [0.3, 0.4) is 0 Å². The number of nitrogens with zero attached hydrogens (tertiary/aromatic N) is 6. The minimum atomic E-state index is -2.79. The van der Waals surface area contributed by atoms with Gasteiger partial charge in [-0.2, -0.15) is 9.97 Å². The average Bonchev–Trinajstić information content (AvgIpc) is 3.52. The number of nitrogens with one attached hydrogen (secondary N) is 1. The molecule has 5 rings (SSSR count). The fourth-order valence-electron chi connectivity index (χ4n) is 4.45. The summed E-state index contributed by atoms with van der Waals surface area (Å²) in [5, 5.41) is 3.10. The Kier molecular flexibility index (Phi) is 6.27. The molecular weight excluding hydrogens is 444 g/mol. The lowest BCUT2D eigenvalue weighted by Gasteiger charge is -2.29. The number of rotatable bonds is 6. The Morgan fingerprint density at radius 3 is 2.47 bits per heavy atom. The molecule has 1 N–H and O–H groups in total.